The first-order valence-electron chi connectivity index (χ1n) is 3.07. The van der Waals surface area contributed by atoms with Gasteiger partial charge in [-0.15, -0.1) is 0 Å². The van der Waals surface area contributed by atoms with Gasteiger partial charge in [-0.1, -0.05) is 15.9 Å². The fourth-order valence-electron chi connectivity index (χ4n) is 0.907. The molecule has 1 aliphatic rings. The Morgan fingerprint density at radius 2 is 2.27 bits per heavy atom. The zero-order valence-electron chi connectivity index (χ0n) is 5.59. The molecule has 11 heavy (non-hydrogen) atoms. The van der Waals surface area contributed by atoms with Gasteiger partial charge in [-0.05, 0) is 0 Å². The predicted octanol–water partition coefficient (Wildman–Crippen LogP) is -0.387. The lowest BCUT2D eigenvalue weighted by Crippen LogP contribution is -2.26. The van der Waals surface area contributed by atoms with E-state index in [1.54, 1.807) is 0 Å². The van der Waals surface area contributed by atoms with Crippen molar-refractivity contribution in [1.82, 2.24) is 5.32 Å². The Hall–Kier alpha value is -0.710. The molecule has 1 heterocycles. The maximum Gasteiger partial charge on any atom is 0.237 e. The van der Waals surface area contributed by atoms with Crippen molar-refractivity contribution in [2.75, 3.05) is 5.33 Å². The lowest BCUT2D eigenvalue weighted by molar-refractivity contribution is -0.130. The molecule has 0 aromatic rings. The largest absolute Gasteiger partial charge is 0.298 e. The fourth-order valence-corrected chi connectivity index (χ4v) is 1.30. The number of rotatable bonds is 2. The Morgan fingerprint density at radius 3 is 2.64 bits per heavy atom. The van der Waals surface area contributed by atoms with Crippen molar-refractivity contribution >= 4 is 33.5 Å². The monoisotopic (exact) mass is 219 g/mol. The molecule has 1 unspecified atom stereocenters. The molecule has 1 aliphatic heterocycles. The van der Waals surface area contributed by atoms with Crippen LogP contribution in [0, 0.1) is 5.92 Å². The molecule has 1 rings (SSSR count). The van der Waals surface area contributed by atoms with Crippen molar-refractivity contribution in [2.45, 2.75) is 6.42 Å². The highest BCUT2D eigenvalue weighted by Gasteiger charge is 2.35. The van der Waals surface area contributed by atoms with E-state index in [-0.39, 0.29) is 23.4 Å². The van der Waals surface area contributed by atoms with Gasteiger partial charge in [0.1, 0.15) is 5.92 Å². The molecule has 0 bridgehead atoms. The fraction of sp³-hybridized carbons (Fsp3) is 0.500. The van der Waals surface area contributed by atoms with Crippen molar-refractivity contribution in [3.8, 4) is 0 Å². The van der Waals surface area contributed by atoms with Crippen LogP contribution in [0.15, 0.2) is 0 Å². The molecular weight excluding hydrogens is 214 g/mol. The average molecular weight is 220 g/mol. The van der Waals surface area contributed by atoms with E-state index in [1.165, 1.54) is 0 Å². The third-order valence-electron chi connectivity index (χ3n) is 1.49. The van der Waals surface area contributed by atoms with Crippen molar-refractivity contribution in [1.29, 1.82) is 0 Å². The van der Waals surface area contributed by atoms with E-state index in [2.05, 4.69) is 21.2 Å². The third-order valence-corrected chi connectivity index (χ3v) is 2.04. The molecule has 0 spiro atoms. The second kappa shape index (κ2) is 3.13. The number of carbonyl (C=O) groups excluding carboxylic acids is 3. The summed E-state index contributed by atoms with van der Waals surface area (Å²) in [6.07, 6.45) is 0.00324. The molecule has 1 fully saturated rings. The minimum Gasteiger partial charge on any atom is -0.298 e. The third kappa shape index (κ3) is 1.65. The van der Waals surface area contributed by atoms with Crippen LogP contribution in [0.25, 0.3) is 0 Å². The number of ketones is 1. The summed E-state index contributed by atoms with van der Waals surface area (Å²) in [6.45, 7) is 0. The summed E-state index contributed by atoms with van der Waals surface area (Å²) in [5.41, 5.74) is 0. The van der Waals surface area contributed by atoms with Crippen LogP contribution in [0.3, 0.4) is 0 Å². The van der Waals surface area contributed by atoms with E-state index in [4.69, 9.17) is 0 Å². The van der Waals surface area contributed by atoms with Gasteiger partial charge in [-0.3, -0.25) is 19.7 Å². The highest BCUT2D eigenvalue weighted by Crippen LogP contribution is 2.12. The highest BCUT2D eigenvalue weighted by atomic mass is 79.9. The summed E-state index contributed by atoms with van der Waals surface area (Å²) in [5, 5.41) is 2.19. The molecule has 4 nitrogen and oxygen atoms in total. The quantitative estimate of drug-likeness (QED) is 0.391. The first-order chi connectivity index (χ1) is 5.15. The number of hydrogen-bond acceptors (Lipinski definition) is 3. The molecular formula is C6H6BrNO3. The summed E-state index contributed by atoms with van der Waals surface area (Å²) in [4.78, 5) is 32.3. The minimum atomic E-state index is -0.762. The molecule has 0 saturated carbocycles. The van der Waals surface area contributed by atoms with Crippen LogP contribution in [0.2, 0.25) is 0 Å². The standard InChI is InChI=1S/C6H6BrNO3/c7-2-4(9)3-1-5(10)8-6(3)11/h3H,1-2H2,(H,8,10,11). The summed E-state index contributed by atoms with van der Waals surface area (Å²) in [6, 6.07) is 0. The number of hydrogen-bond donors (Lipinski definition) is 1. The van der Waals surface area contributed by atoms with Gasteiger partial charge in [0, 0.05) is 6.42 Å². The van der Waals surface area contributed by atoms with E-state index in [1.807, 2.05) is 0 Å². The number of nitrogens with one attached hydrogen (secondary N) is 1. The molecule has 2 amide bonds. The normalized spacial score (nSPS) is 23.5. The smallest absolute Gasteiger partial charge is 0.237 e. The van der Waals surface area contributed by atoms with Crippen molar-refractivity contribution in [3.63, 3.8) is 0 Å². The number of amides is 2. The number of imide groups is 1. The number of carbonyl (C=O) groups is 3. The Balaban J connectivity index is 2.67. The molecule has 0 aliphatic carbocycles. The van der Waals surface area contributed by atoms with Crippen LogP contribution in [0.5, 0.6) is 0 Å². The SMILES string of the molecule is O=C1CC(C(=O)CBr)C(=O)N1. The zero-order chi connectivity index (χ0) is 8.43. The van der Waals surface area contributed by atoms with Crippen LogP contribution in [-0.4, -0.2) is 22.9 Å². The lowest BCUT2D eigenvalue weighted by Gasteiger charge is -1.98. The number of Topliss-reactive ketones (excluding diaryl/α,β-unsaturated/α-hetero) is 1. The second-order valence-electron chi connectivity index (χ2n) is 2.27. The first kappa shape index (κ1) is 8.39. The van der Waals surface area contributed by atoms with E-state index in [9.17, 15) is 14.4 Å². The Bertz CT molecular complexity index is 226. The molecule has 1 N–H and O–H groups in total. The first-order valence-corrected chi connectivity index (χ1v) is 4.19. The minimum absolute atomic E-state index is 0.00324. The molecule has 60 valence electrons. The van der Waals surface area contributed by atoms with Crippen molar-refractivity contribution in [2.24, 2.45) is 5.92 Å². The van der Waals surface area contributed by atoms with E-state index >= 15 is 0 Å². The van der Waals surface area contributed by atoms with Crippen LogP contribution in [0.1, 0.15) is 6.42 Å². The van der Waals surface area contributed by atoms with Crippen molar-refractivity contribution in [3.05, 3.63) is 0 Å². The van der Waals surface area contributed by atoms with Gasteiger partial charge in [-0.25, -0.2) is 0 Å². The molecule has 0 radical (unpaired) electrons. The Labute approximate surface area is 71.5 Å². The van der Waals surface area contributed by atoms with Gasteiger partial charge >= 0.3 is 0 Å². The van der Waals surface area contributed by atoms with E-state index < -0.39 is 11.8 Å². The van der Waals surface area contributed by atoms with Crippen LogP contribution >= 0.6 is 15.9 Å². The van der Waals surface area contributed by atoms with Crippen LogP contribution in [0.4, 0.5) is 0 Å². The van der Waals surface area contributed by atoms with E-state index in [0.29, 0.717) is 0 Å². The second-order valence-corrected chi connectivity index (χ2v) is 2.83. The molecule has 0 aromatic carbocycles. The summed E-state index contributed by atoms with van der Waals surface area (Å²) < 4.78 is 0. The highest BCUT2D eigenvalue weighted by molar-refractivity contribution is 9.09. The molecule has 1 atom stereocenters. The van der Waals surface area contributed by atoms with Gasteiger partial charge in [0.2, 0.25) is 11.8 Å². The predicted molar refractivity (Wildman–Crippen MR) is 40.1 cm³/mol. The Kier molecular flexibility index (Phi) is 2.38. The zero-order valence-corrected chi connectivity index (χ0v) is 7.18. The summed E-state index contributed by atoms with van der Waals surface area (Å²) >= 11 is 2.93. The maximum absolute atomic E-state index is 10.9. The topological polar surface area (TPSA) is 63.2 Å². The average Bonchev–Trinajstić information content (AvgIpc) is 2.28. The molecule has 0 aromatic heterocycles. The van der Waals surface area contributed by atoms with Gasteiger partial charge in [0.05, 0.1) is 5.33 Å². The lowest BCUT2D eigenvalue weighted by atomic mass is 10.0. The number of alkyl halides is 1. The van der Waals surface area contributed by atoms with Gasteiger partial charge in [-0.2, -0.15) is 0 Å². The molecule has 1 saturated heterocycles. The van der Waals surface area contributed by atoms with Gasteiger partial charge in [0.25, 0.3) is 0 Å². The summed E-state index contributed by atoms with van der Waals surface area (Å²) in [7, 11) is 0. The van der Waals surface area contributed by atoms with Gasteiger partial charge < -0.3 is 0 Å². The van der Waals surface area contributed by atoms with E-state index in [0.717, 1.165) is 0 Å². The van der Waals surface area contributed by atoms with Gasteiger partial charge in [0.15, 0.2) is 5.78 Å². The van der Waals surface area contributed by atoms with Crippen LogP contribution < -0.4 is 5.32 Å². The summed E-state index contributed by atoms with van der Waals surface area (Å²) in [5.74, 6) is -1.84. The molecule has 5 heteroatoms. The number of halogens is 1. The maximum atomic E-state index is 10.9. The van der Waals surface area contributed by atoms with Crippen molar-refractivity contribution < 1.29 is 14.4 Å². The van der Waals surface area contributed by atoms with Crippen LogP contribution in [-0.2, 0) is 14.4 Å². The Morgan fingerprint density at radius 1 is 1.64 bits per heavy atom.